The Balaban J connectivity index is 2.31. The first-order valence-corrected chi connectivity index (χ1v) is 6.59. The van der Waals surface area contributed by atoms with Gasteiger partial charge in [-0.15, -0.1) is 0 Å². The van der Waals surface area contributed by atoms with Gasteiger partial charge >= 0.3 is 5.97 Å². The predicted octanol–water partition coefficient (Wildman–Crippen LogP) is 1.66. The lowest BCUT2D eigenvalue weighted by Gasteiger charge is -2.37. The van der Waals surface area contributed by atoms with Gasteiger partial charge in [0.05, 0.1) is 0 Å². The predicted molar refractivity (Wildman–Crippen MR) is 71.0 cm³/mol. The minimum Gasteiger partial charge on any atom is -0.480 e. The molecule has 1 amide bonds. The van der Waals surface area contributed by atoms with E-state index < -0.39 is 12.0 Å². The Morgan fingerprint density at radius 3 is 2.58 bits per heavy atom. The average molecular weight is 264 g/mol. The van der Waals surface area contributed by atoms with Gasteiger partial charge in [0.2, 0.25) is 0 Å². The highest BCUT2D eigenvalue weighted by atomic mass is 16.4. The van der Waals surface area contributed by atoms with Gasteiger partial charge in [0.15, 0.2) is 0 Å². The van der Waals surface area contributed by atoms with Crippen molar-refractivity contribution in [1.29, 1.82) is 0 Å². The number of likely N-dealkylation sites (tertiary alicyclic amines) is 1. The fraction of sp³-hybridized carbons (Fsp3) is 0.571. The third-order valence-corrected chi connectivity index (χ3v) is 4.04. The molecular formula is C14H20N2O3. The molecule has 1 aromatic heterocycles. The number of piperidine rings is 1. The van der Waals surface area contributed by atoms with E-state index in [1.807, 2.05) is 27.0 Å². The number of rotatable bonds is 2. The lowest BCUT2D eigenvalue weighted by molar-refractivity contribution is -0.145. The smallest absolute Gasteiger partial charge is 0.326 e. The first-order chi connectivity index (χ1) is 8.93. The molecule has 19 heavy (non-hydrogen) atoms. The summed E-state index contributed by atoms with van der Waals surface area (Å²) in [5, 5.41) is 9.35. The summed E-state index contributed by atoms with van der Waals surface area (Å²) in [6.45, 7) is 4.34. The van der Waals surface area contributed by atoms with E-state index in [0.717, 1.165) is 18.5 Å². The van der Waals surface area contributed by atoms with Crippen LogP contribution in [0.2, 0.25) is 0 Å². The third-order valence-electron chi connectivity index (χ3n) is 4.04. The average Bonchev–Trinajstić information content (AvgIpc) is 2.68. The van der Waals surface area contributed by atoms with Gasteiger partial charge in [-0.1, -0.05) is 6.92 Å². The van der Waals surface area contributed by atoms with E-state index in [2.05, 4.69) is 0 Å². The van der Waals surface area contributed by atoms with Crippen molar-refractivity contribution >= 4 is 11.9 Å². The Kier molecular flexibility index (Phi) is 3.64. The number of carboxylic acid groups (broad SMARTS) is 1. The molecule has 0 aromatic carbocycles. The van der Waals surface area contributed by atoms with Gasteiger partial charge in [-0.3, -0.25) is 4.79 Å². The Labute approximate surface area is 112 Å². The number of aryl methyl sites for hydroxylation is 1. The zero-order valence-corrected chi connectivity index (χ0v) is 11.6. The van der Waals surface area contributed by atoms with Crippen molar-refractivity contribution in [2.24, 2.45) is 13.0 Å². The number of amides is 1. The molecule has 1 N–H and O–H groups in total. The molecule has 0 radical (unpaired) electrons. The summed E-state index contributed by atoms with van der Waals surface area (Å²) < 4.78 is 1.81. The van der Waals surface area contributed by atoms with E-state index in [-0.39, 0.29) is 11.8 Å². The lowest BCUT2D eigenvalue weighted by atomic mass is 9.90. The van der Waals surface area contributed by atoms with Crippen LogP contribution in [0, 0.1) is 12.8 Å². The molecular weight excluding hydrogens is 244 g/mol. The second-order valence-electron chi connectivity index (χ2n) is 5.32. The molecule has 2 unspecified atom stereocenters. The Morgan fingerprint density at radius 2 is 2.05 bits per heavy atom. The number of nitrogens with zero attached hydrogens (tertiary/aromatic N) is 2. The van der Waals surface area contributed by atoms with E-state index in [1.165, 1.54) is 4.90 Å². The van der Waals surface area contributed by atoms with Gasteiger partial charge in [0, 0.05) is 19.3 Å². The number of hydrogen-bond donors (Lipinski definition) is 1. The van der Waals surface area contributed by atoms with Crippen molar-refractivity contribution in [3.05, 3.63) is 23.5 Å². The molecule has 1 aliphatic rings. The number of aliphatic carboxylic acids is 1. The van der Waals surface area contributed by atoms with Crippen molar-refractivity contribution in [3.8, 4) is 0 Å². The topological polar surface area (TPSA) is 62.5 Å². The van der Waals surface area contributed by atoms with Crippen LogP contribution in [0.5, 0.6) is 0 Å². The molecule has 5 nitrogen and oxygen atoms in total. The first-order valence-electron chi connectivity index (χ1n) is 6.59. The van der Waals surface area contributed by atoms with Crippen LogP contribution in [-0.4, -0.2) is 39.0 Å². The van der Waals surface area contributed by atoms with Crippen LogP contribution in [0.15, 0.2) is 12.1 Å². The molecule has 2 heterocycles. The van der Waals surface area contributed by atoms with Gasteiger partial charge in [0.1, 0.15) is 11.7 Å². The molecule has 1 fully saturated rings. The van der Waals surface area contributed by atoms with Gasteiger partial charge in [0.25, 0.3) is 5.91 Å². The molecule has 5 heteroatoms. The molecule has 104 valence electrons. The maximum atomic E-state index is 12.5. The van der Waals surface area contributed by atoms with E-state index in [9.17, 15) is 14.7 Å². The molecule has 0 saturated carbocycles. The van der Waals surface area contributed by atoms with Crippen LogP contribution in [-0.2, 0) is 11.8 Å². The Morgan fingerprint density at radius 1 is 1.37 bits per heavy atom. The number of hydrogen-bond acceptors (Lipinski definition) is 2. The van der Waals surface area contributed by atoms with Crippen molar-refractivity contribution in [1.82, 2.24) is 9.47 Å². The fourth-order valence-corrected chi connectivity index (χ4v) is 2.77. The summed E-state index contributed by atoms with van der Waals surface area (Å²) in [5.74, 6) is -1.10. The Hall–Kier alpha value is -1.78. The van der Waals surface area contributed by atoms with Crippen LogP contribution in [0.4, 0.5) is 0 Å². The van der Waals surface area contributed by atoms with E-state index in [1.54, 1.807) is 10.6 Å². The zero-order valence-electron chi connectivity index (χ0n) is 11.6. The highest BCUT2D eigenvalue weighted by molar-refractivity contribution is 5.95. The largest absolute Gasteiger partial charge is 0.480 e. The van der Waals surface area contributed by atoms with Crippen molar-refractivity contribution < 1.29 is 14.7 Å². The normalized spacial score (nSPS) is 23.4. The first kappa shape index (κ1) is 13.6. The minimum absolute atomic E-state index is 0.00318. The third kappa shape index (κ3) is 2.37. The lowest BCUT2D eigenvalue weighted by Crippen LogP contribution is -2.52. The van der Waals surface area contributed by atoms with Gasteiger partial charge in [-0.2, -0.15) is 0 Å². The monoisotopic (exact) mass is 264 g/mol. The number of carbonyl (C=O) groups excluding carboxylic acids is 1. The maximum Gasteiger partial charge on any atom is 0.326 e. The summed E-state index contributed by atoms with van der Waals surface area (Å²) in [7, 11) is 1.83. The van der Waals surface area contributed by atoms with Crippen molar-refractivity contribution in [3.63, 3.8) is 0 Å². The second-order valence-corrected chi connectivity index (χ2v) is 5.32. The molecule has 2 rings (SSSR count). The van der Waals surface area contributed by atoms with Crippen LogP contribution >= 0.6 is 0 Å². The van der Waals surface area contributed by atoms with E-state index in [4.69, 9.17) is 0 Å². The van der Waals surface area contributed by atoms with Crippen LogP contribution < -0.4 is 0 Å². The summed E-state index contributed by atoms with van der Waals surface area (Å²) in [6.07, 6.45) is 1.72. The van der Waals surface area contributed by atoms with Crippen molar-refractivity contribution in [2.45, 2.75) is 32.7 Å². The number of carbonyl (C=O) groups is 2. The zero-order chi connectivity index (χ0) is 14.2. The highest BCUT2D eigenvalue weighted by Crippen LogP contribution is 2.25. The summed E-state index contributed by atoms with van der Waals surface area (Å²) in [6, 6.07) is 2.92. The molecule has 0 spiro atoms. The molecule has 1 aliphatic heterocycles. The molecule has 0 bridgehead atoms. The Bertz CT molecular complexity index is 507. The molecule has 2 atom stereocenters. The summed E-state index contributed by atoms with van der Waals surface area (Å²) in [4.78, 5) is 25.4. The minimum atomic E-state index is -0.911. The van der Waals surface area contributed by atoms with Crippen LogP contribution in [0.3, 0.4) is 0 Å². The fourth-order valence-electron chi connectivity index (χ4n) is 2.77. The van der Waals surface area contributed by atoms with Gasteiger partial charge < -0.3 is 14.6 Å². The molecule has 1 saturated heterocycles. The second kappa shape index (κ2) is 5.07. The molecule has 1 aromatic rings. The van der Waals surface area contributed by atoms with Gasteiger partial charge in [-0.25, -0.2) is 4.79 Å². The SMILES string of the molecule is Cc1ccc(C(=O)N2CCCC(C)C2C(=O)O)n1C. The number of carboxylic acids is 1. The van der Waals surface area contributed by atoms with Crippen LogP contribution in [0.25, 0.3) is 0 Å². The molecule has 0 aliphatic carbocycles. The standard InChI is InChI=1S/C14H20N2O3/c1-9-5-4-8-16(12(9)14(18)19)13(17)11-7-6-10(2)15(11)3/h6-7,9,12H,4-5,8H2,1-3H3,(H,18,19). The van der Waals surface area contributed by atoms with E-state index >= 15 is 0 Å². The summed E-state index contributed by atoms with van der Waals surface area (Å²) >= 11 is 0. The summed E-state index contributed by atoms with van der Waals surface area (Å²) in [5.41, 5.74) is 1.54. The van der Waals surface area contributed by atoms with Crippen LogP contribution in [0.1, 0.15) is 35.9 Å². The number of aromatic nitrogens is 1. The maximum absolute atomic E-state index is 12.5. The van der Waals surface area contributed by atoms with Gasteiger partial charge in [-0.05, 0) is 37.8 Å². The van der Waals surface area contributed by atoms with E-state index in [0.29, 0.717) is 12.2 Å². The quantitative estimate of drug-likeness (QED) is 0.883. The van der Waals surface area contributed by atoms with Crippen molar-refractivity contribution in [2.75, 3.05) is 6.54 Å². The highest BCUT2D eigenvalue weighted by Gasteiger charge is 2.37.